The molecule has 0 radical (unpaired) electrons. The molecule has 4 heteroatoms. The second kappa shape index (κ2) is 6.35. The van der Waals surface area contributed by atoms with Crippen LogP contribution in [0.1, 0.15) is 52.6 Å². The number of ketones is 2. The molecule has 4 nitrogen and oxygen atoms in total. The van der Waals surface area contributed by atoms with Crippen molar-refractivity contribution in [2.45, 2.75) is 20.8 Å². The molecule has 0 saturated heterocycles. The van der Waals surface area contributed by atoms with Crippen LogP contribution in [0.5, 0.6) is 0 Å². The van der Waals surface area contributed by atoms with Gasteiger partial charge in [0.2, 0.25) is 5.91 Å². The van der Waals surface area contributed by atoms with E-state index in [0.717, 1.165) is 0 Å². The van der Waals surface area contributed by atoms with Crippen molar-refractivity contribution in [2.24, 2.45) is 0 Å². The molecule has 2 aromatic rings. The number of anilines is 1. The lowest BCUT2D eigenvalue weighted by Gasteiger charge is -2.19. The highest BCUT2D eigenvalue weighted by Crippen LogP contribution is 2.31. The maximum absolute atomic E-state index is 12.6. The molecule has 1 aliphatic carbocycles. The fourth-order valence-electron chi connectivity index (χ4n) is 2.44. The van der Waals surface area contributed by atoms with Gasteiger partial charge in [0, 0.05) is 23.6 Å². The molecule has 0 aromatic heterocycles. The minimum Gasteiger partial charge on any atom is -0.326 e. The number of rotatable bonds is 1. The summed E-state index contributed by atoms with van der Waals surface area (Å²) in [5, 5.41) is 2.60. The Morgan fingerprint density at radius 1 is 0.818 bits per heavy atom. The lowest BCUT2D eigenvalue weighted by molar-refractivity contribution is -0.114. The van der Waals surface area contributed by atoms with Gasteiger partial charge in [-0.05, 0) is 6.07 Å². The van der Waals surface area contributed by atoms with Crippen molar-refractivity contribution in [2.75, 3.05) is 5.32 Å². The monoisotopic (exact) mass is 295 g/mol. The van der Waals surface area contributed by atoms with Gasteiger partial charge in [0.15, 0.2) is 11.6 Å². The van der Waals surface area contributed by atoms with Gasteiger partial charge in [-0.25, -0.2) is 0 Å². The van der Waals surface area contributed by atoms with Crippen molar-refractivity contribution in [3.8, 4) is 0 Å². The molecular weight excluding hydrogens is 278 g/mol. The maximum atomic E-state index is 12.6. The summed E-state index contributed by atoms with van der Waals surface area (Å²) in [6.07, 6.45) is 0. The van der Waals surface area contributed by atoms with E-state index in [0.29, 0.717) is 22.4 Å². The first kappa shape index (κ1) is 15.6. The smallest absolute Gasteiger partial charge is 0.221 e. The quantitative estimate of drug-likeness (QED) is 0.748. The Bertz CT molecular complexity index is 763. The summed E-state index contributed by atoms with van der Waals surface area (Å²) in [5.74, 6) is -0.709. The van der Waals surface area contributed by atoms with Crippen molar-refractivity contribution in [1.82, 2.24) is 0 Å². The summed E-state index contributed by atoms with van der Waals surface area (Å²) in [5.41, 5.74) is 1.77. The Hall–Kier alpha value is -2.75. The van der Waals surface area contributed by atoms with Crippen molar-refractivity contribution in [1.29, 1.82) is 0 Å². The average Bonchev–Trinajstić information content (AvgIpc) is 2.54. The molecule has 0 atom stereocenters. The maximum Gasteiger partial charge on any atom is 0.221 e. The van der Waals surface area contributed by atoms with Gasteiger partial charge in [0.25, 0.3) is 0 Å². The molecule has 0 aliphatic heterocycles. The Labute approximate surface area is 129 Å². The summed E-state index contributed by atoms with van der Waals surface area (Å²) < 4.78 is 0. The van der Waals surface area contributed by atoms with E-state index in [-0.39, 0.29) is 23.0 Å². The second-order valence-electron chi connectivity index (χ2n) is 4.61. The SMILES string of the molecule is CC.CC(=O)Nc1cccc2c1C(=O)c1ccccc1C2=O. The number of hydrogen-bond donors (Lipinski definition) is 1. The highest BCUT2D eigenvalue weighted by molar-refractivity contribution is 6.30. The van der Waals surface area contributed by atoms with Gasteiger partial charge in [-0.3, -0.25) is 14.4 Å². The molecule has 0 fully saturated rings. The van der Waals surface area contributed by atoms with E-state index in [9.17, 15) is 14.4 Å². The van der Waals surface area contributed by atoms with Gasteiger partial charge >= 0.3 is 0 Å². The summed E-state index contributed by atoms with van der Waals surface area (Å²) in [6, 6.07) is 11.6. The van der Waals surface area contributed by atoms with Crippen LogP contribution in [0.4, 0.5) is 5.69 Å². The van der Waals surface area contributed by atoms with Gasteiger partial charge < -0.3 is 5.32 Å². The normalized spacial score (nSPS) is 11.8. The topological polar surface area (TPSA) is 63.2 Å². The second-order valence-corrected chi connectivity index (χ2v) is 4.61. The fourth-order valence-corrected chi connectivity index (χ4v) is 2.44. The molecule has 1 N–H and O–H groups in total. The highest BCUT2D eigenvalue weighted by atomic mass is 16.2. The summed E-state index contributed by atoms with van der Waals surface area (Å²) in [4.78, 5) is 36.2. The third-order valence-electron chi connectivity index (χ3n) is 3.26. The van der Waals surface area contributed by atoms with E-state index in [1.807, 2.05) is 13.8 Å². The van der Waals surface area contributed by atoms with E-state index in [1.165, 1.54) is 6.92 Å². The van der Waals surface area contributed by atoms with Gasteiger partial charge in [-0.1, -0.05) is 50.2 Å². The summed E-state index contributed by atoms with van der Waals surface area (Å²) in [6.45, 7) is 5.36. The largest absolute Gasteiger partial charge is 0.326 e. The molecular formula is C18H17NO3. The van der Waals surface area contributed by atoms with Gasteiger partial charge in [-0.15, -0.1) is 0 Å². The molecule has 1 aliphatic rings. The van der Waals surface area contributed by atoms with Crippen LogP contribution in [0.25, 0.3) is 0 Å². The lowest BCUT2D eigenvalue weighted by Crippen LogP contribution is -2.23. The predicted molar refractivity (Wildman–Crippen MR) is 85.4 cm³/mol. The number of carbonyl (C=O) groups is 3. The van der Waals surface area contributed by atoms with Crippen molar-refractivity contribution in [3.05, 3.63) is 64.7 Å². The van der Waals surface area contributed by atoms with Gasteiger partial charge in [-0.2, -0.15) is 0 Å². The zero-order chi connectivity index (χ0) is 16.3. The highest BCUT2D eigenvalue weighted by Gasteiger charge is 2.31. The number of nitrogens with one attached hydrogen (secondary N) is 1. The minimum absolute atomic E-state index is 0.192. The molecule has 0 spiro atoms. The molecule has 3 rings (SSSR count). The minimum atomic E-state index is -0.280. The standard InChI is InChI=1S/C16H11NO3.C2H6/c1-9(18)17-13-8-4-7-12-14(13)16(20)11-6-3-2-5-10(11)15(12)19;1-2/h2-8H,1H3,(H,17,18);1-2H3. The third-order valence-corrected chi connectivity index (χ3v) is 3.26. The molecule has 0 heterocycles. The molecule has 112 valence electrons. The van der Waals surface area contributed by atoms with E-state index >= 15 is 0 Å². The Kier molecular flexibility index (Phi) is 4.51. The molecule has 0 saturated carbocycles. The van der Waals surface area contributed by atoms with E-state index in [1.54, 1.807) is 42.5 Å². The first-order valence-electron chi connectivity index (χ1n) is 7.18. The zero-order valence-electron chi connectivity index (χ0n) is 12.8. The first-order chi connectivity index (χ1) is 10.6. The van der Waals surface area contributed by atoms with Crippen LogP contribution in [0, 0.1) is 0 Å². The Balaban J connectivity index is 0.000000847. The molecule has 22 heavy (non-hydrogen) atoms. The van der Waals surface area contributed by atoms with Crippen LogP contribution in [0.3, 0.4) is 0 Å². The number of amides is 1. The molecule has 0 unspecified atom stereocenters. The van der Waals surface area contributed by atoms with E-state index < -0.39 is 0 Å². The Morgan fingerprint density at radius 2 is 1.36 bits per heavy atom. The van der Waals surface area contributed by atoms with Crippen LogP contribution >= 0.6 is 0 Å². The van der Waals surface area contributed by atoms with Crippen LogP contribution in [0.2, 0.25) is 0 Å². The van der Waals surface area contributed by atoms with Crippen molar-refractivity contribution in [3.63, 3.8) is 0 Å². The third kappa shape index (κ3) is 2.55. The molecule has 1 amide bonds. The zero-order valence-corrected chi connectivity index (χ0v) is 12.8. The molecule has 0 bridgehead atoms. The first-order valence-corrected chi connectivity index (χ1v) is 7.18. The van der Waals surface area contributed by atoms with Crippen molar-refractivity contribution < 1.29 is 14.4 Å². The van der Waals surface area contributed by atoms with Crippen LogP contribution in [-0.2, 0) is 4.79 Å². The van der Waals surface area contributed by atoms with Crippen LogP contribution in [0.15, 0.2) is 42.5 Å². The summed E-state index contributed by atoms with van der Waals surface area (Å²) >= 11 is 0. The van der Waals surface area contributed by atoms with Crippen LogP contribution < -0.4 is 5.32 Å². The Morgan fingerprint density at radius 3 is 1.95 bits per heavy atom. The lowest BCUT2D eigenvalue weighted by atomic mass is 9.83. The number of fused-ring (bicyclic) bond motifs is 2. The van der Waals surface area contributed by atoms with Gasteiger partial charge in [0.05, 0.1) is 11.3 Å². The number of hydrogen-bond acceptors (Lipinski definition) is 3. The van der Waals surface area contributed by atoms with Crippen molar-refractivity contribution >= 4 is 23.2 Å². The van der Waals surface area contributed by atoms with Crippen LogP contribution in [-0.4, -0.2) is 17.5 Å². The van der Waals surface area contributed by atoms with E-state index in [2.05, 4.69) is 5.32 Å². The van der Waals surface area contributed by atoms with Gasteiger partial charge in [0.1, 0.15) is 0 Å². The average molecular weight is 295 g/mol. The summed E-state index contributed by atoms with van der Waals surface area (Å²) in [7, 11) is 0. The fraction of sp³-hybridized carbons (Fsp3) is 0.167. The van der Waals surface area contributed by atoms with E-state index in [4.69, 9.17) is 0 Å². The predicted octanol–water partition coefficient (Wildman–Crippen LogP) is 3.45. The molecule has 2 aromatic carbocycles. The number of carbonyl (C=O) groups excluding carboxylic acids is 3. The number of benzene rings is 2.